The predicted molar refractivity (Wildman–Crippen MR) is 45.0 cm³/mol. The average molecular weight is 144 g/mol. The van der Waals surface area contributed by atoms with Crippen LogP contribution in [0.1, 0.15) is 46.5 Å². The Morgan fingerprint density at radius 1 is 1.30 bits per heavy atom. The largest absolute Gasteiger partial charge is 0.393 e. The Morgan fingerprint density at radius 3 is 2.20 bits per heavy atom. The minimum atomic E-state index is -0.114. The number of rotatable bonds is 5. The van der Waals surface area contributed by atoms with Crippen LogP contribution in [0, 0.1) is 5.92 Å². The maximum Gasteiger partial charge on any atom is 0.0540 e. The summed E-state index contributed by atoms with van der Waals surface area (Å²) >= 11 is 0. The van der Waals surface area contributed by atoms with Crippen molar-refractivity contribution < 1.29 is 5.11 Å². The lowest BCUT2D eigenvalue weighted by atomic mass is 9.95. The number of unbranched alkanes of at least 4 members (excludes halogenated alkanes) is 1. The summed E-state index contributed by atoms with van der Waals surface area (Å²) in [6.45, 7) is 6.23. The zero-order valence-electron chi connectivity index (χ0n) is 7.43. The van der Waals surface area contributed by atoms with Gasteiger partial charge in [0, 0.05) is 0 Å². The summed E-state index contributed by atoms with van der Waals surface area (Å²) in [5.41, 5.74) is 0. The highest BCUT2D eigenvalue weighted by Gasteiger charge is 2.10. The van der Waals surface area contributed by atoms with Crippen LogP contribution in [0.25, 0.3) is 0 Å². The molecule has 0 aliphatic heterocycles. The van der Waals surface area contributed by atoms with Crippen molar-refractivity contribution >= 4 is 0 Å². The van der Waals surface area contributed by atoms with E-state index in [1.807, 2.05) is 6.92 Å². The van der Waals surface area contributed by atoms with Crippen LogP contribution < -0.4 is 0 Å². The third-order valence-electron chi connectivity index (χ3n) is 2.14. The molecule has 0 spiro atoms. The molecule has 0 heterocycles. The summed E-state index contributed by atoms with van der Waals surface area (Å²) in [4.78, 5) is 0. The van der Waals surface area contributed by atoms with Crippen LogP contribution in [-0.2, 0) is 0 Å². The van der Waals surface area contributed by atoms with Crippen molar-refractivity contribution in [2.45, 2.75) is 52.6 Å². The predicted octanol–water partition coefficient (Wildman–Crippen LogP) is 2.58. The minimum Gasteiger partial charge on any atom is -0.393 e. The molecule has 2 atom stereocenters. The second-order valence-corrected chi connectivity index (χ2v) is 3.05. The van der Waals surface area contributed by atoms with E-state index in [2.05, 4.69) is 13.8 Å². The molecule has 0 radical (unpaired) electrons. The van der Waals surface area contributed by atoms with Crippen molar-refractivity contribution in [3.63, 3.8) is 0 Å². The van der Waals surface area contributed by atoms with Gasteiger partial charge in [0.1, 0.15) is 0 Å². The second-order valence-electron chi connectivity index (χ2n) is 3.05. The van der Waals surface area contributed by atoms with Crippen molar-refractivity contribution in [3.8, 4) is 0 Å². The number of hydrogen-bond donors (Lipinski definition) is 1. The third kappa shape index (κ3) is 3.89. The van der Waals surface area contributed by atoms with Gasteiger partial charge in [-0.2, -0.15) is 0 Å². The second kappa shape index (κ2) is 5.72. The van der Waals surface area contributed by atoms with Gasteiger partial charge in [-0.05, 0) is 19.3 Å². The Morgan fingerprint density at radius 2 is 1.90 bits per heavy atom. The van der Waals surface area contributed by atoms with Crippen LogP contribution in [0.4, 0.5) is 0 Å². The van der Waals surface area contributed by atoms with Gasteiger partial charge in [-0.15, -0.1) is 0 Å². The van der Waals surface area contributed by atoms with Crippen molar-refractivity contribution in [1.29, 1.82) is 0 Å². The SMILES string of the molecule is CCCC[C@H](CC)[C@H](C)O. The van der Waals surface area contributed by atoms with Crippen molar-refractivity contribution in [2.24, 2.45) is 5.92 Å². The molecule has 1 N–H and O–H groups in total. The molecule has 0 rings (SSSR count). The van der Waals surface area contributed by atoms with Gasteiger partial charge in [-0.25, -0.2) is 0 Å². The van der Waals surface area contributed by atoms with E-state index in [0.29, 0.717) is 5.92 Å². The lowest BCUT2D eigenvalue weighted by Crippen LogP contribution is -2.15. The first-order valence-corrected chi connectivity index (χ1v) is 4.40. The molecule has 1 heteroatoms. The Balaban J connectivity index is 3.40. The molecule has 0 aliphatic rings. The number of aliphatic hydroxyl groups is 1. The Kier molecular flexibility index (Phi) is 5.70. The molecule has 0 aliphatic carbocycles. The Labute approximate surface area is 64.5 Å². The van der Waals surface area contributed by atoms with E-state index >= 15 is 0 Å². The highest BCUT2D eigenvalue weighted by molar-refractivity contribution is 4.62. The van der Waals surface area contributed by atoms with Crippen LogP contribution in [0.3, 0.4) is 0 Å². The monoisotopic (exact) mass is 144 g/mol. The standard InChI is InChI=1S/C9H20O/c1-4-6-7-9(5-2)8(3)10/h8-10H,4-7H2,1-3H3/t8-,9-/m0/s1. The van der Waals surface area contributed by atoms with Gasteiger partial charge >= 0.3 is 0 Å². The summed E-state index contributed by atoms with van der Waals surface area (Å²) < 4.78 is 0. The van der Waals surface area contributed by atoms with E-state index in [0.717, 1.165) is 6.42 Å². The highest BCUT2D eigenvalue weighted by atomic mass is 16.3. The first-order chi connectivity index (χ1) is 4.72. The van der Waals surface area contributed by atoms with E-state index in [1.165, 1.54) is 19.3 Å². The van der Waals surface area contributed by atoms with E-state index in [1.54, 1.807) is 0 Å². The first kappa shape index (κ1) is 9.96. The van der Waals surface area contributed by atoms with Crippen LogP contribution in [0.15, 0.2) is 0 Å². The van der Waals surface area contributed by atoms with E-state index in [9.17, 15) is 5.11 Å². The molecule has 0 bridgehead atoms. The Hall–Kier alpha value is -0.0400. The van der Waals surface area contributed by atoms with Gasteiger partial charge in [0.2, 0.25) is 0 Å². The molecule has 0 saturated heterocycles. The molecule has 0 aromatic carbocycles. The average Bonchev–Trinajstić information content (AvgIpc) is 1.89. The van der Waals surface area contributed by atoms with Gasteiger partial charge < -0.3 is 5.11 Å². The molecule has 0 unspecified atom stereocenters. The zero-order valence-corrected chi connectivity index (χ0v) is 7.43. The Bertz CT molecular complexity index is 69.1. The van der Waals surface area contributed by atoms with Crippen LogP contribution in [0.5, 0.6) is 0 Å². The van der Waals surface area contributed by atoms with Crippen LogP contribution in [0.2, 0.25) is 0 Å². The number of hydrogen-bond acceptors (Lipinski definition) is 1. The minimum absolute atomic E-state index is 0.114. The van der Waals surface area contributed by atoms with E-state index < -0.39 is 0 Å². The van der Waals surface area contributed by atoms with Gasteiger partial charge in [0.25, 0.3) is 0 Å². The van der Waals surface area contributed by atoms with E-state index in [-0.39, 0.29) is 6.10 Å². The fraction of sp³-hybridized carbons (Fsp3) is 1.00. The molecule has 0 saturated carbocycles. The fourth-order valence-corrected chi connectivity index (χ4v) is 1.25. The summed E-state index contributed by atoms with van der Waals surface area (Å²) in [7, 11) is 0. The highest BCUT2D eigenvalue weighted by Crippen LogP contribution is 2.15. The molecule has 1 nitrogen and oxygen atoms in total. The summed E-state index contributed by atoms with van der Waals surface area (Å²) in [5, 5.41) is 9.24. The fourth-order valence-electron chi connectivity index (χ4n) is 1.25. The maximum absolute atomic E-state index is 9.24. The van der Waals surface area contributed by atoms with Crippen molar-refractivity contribution in [1.82, 2.24) is 0 Å². The summed E-state index contributed by atoms with van der Waals surface area (Å²) in [5.74, 6) is 0.528. The first-order valence-electron chi connectivity index (χ1n) is 4.40. The van der Waals surface area contributed by atoms with Gasteiger partial charge in [0.15, 0.2) is 0 Å². The lowest BCUT2D eigenvalue weighted by Gasteiger charge is -2.16. The summed E-state index contributed by atoms with van der Waals surface area (Å²) in [6, 6.07) is 0. The van der Waals surface area contributed by atoms with Crippen molar-refractivity contribution in [3.05, 3.63) is 0 Å². The maximum atomic E-state index is 9.24. The summed E-state index contributed by atoms with van der Waals surface area (Å²) in [6.07, 6.45) is 4.67. The molecule has 10 heavy (non-hydrogen) atoms. The molecular weight excluding hydrogens is 124 g/mol. The number of aliphatic hydroxyl groups excluding tert-OH is 1. The normalized spacial score (nSPS) is 16.8. The zero-order chi connectivity index (χ0) is 7.98. The van der Waals surface area contributed by atoms with Gasteiger partial charge in [0.05, 0.1) is 6.10 Å². The van der Waals surface area contributed by atoms with Gasteiger partial charge in [-0.3, -0.25) is 0 Å². The topological polar surface area (TPSA) is 20.2 Å². The molecule has 0 fully saturated rings. The quantitative estimate of drug-likeness (QED) is 0.628. The van der Waals surface area contributed by atoms with Crippen LogP contribution >= 0.6 is 0 Å². The molecule has 0 aromatic rings. The van der Waals surface area contributed by atoms with Crippen molar-refractivity contribution in [2.75, 3.05) is 0 Å². The lowest BCUT2D eigenvalue weighted by molar-refractivity contribution is 0.116. The molecular formula is C9H20O. The van der Waals surface area contributed by atoms with Gasteiger partial charge in [-0.1, -0.05) is 33.1 Å². The molecule has 62 valence electrons. The smallest absolute Gasteiger partial charge is 0.0540 e. The molecule has 0 amide bonds. The van der Waals surface area contributed by atoms with Crippen LogP contribution in [-0.4, -0.2) is 11.2 Å². The molecule has 0 aromatic heterocycles. The third-order valence-corrected chi connectivity index (χ3v) is 2.14. The van der Waals surface area contributed by atoms with E-state index in [4.69, 9.17) is 0 Å².